The Bertz CT molecular complexity index is 612. The van der Waals surface area contributed by atoms with Gasteiger partial charge in [0.1, 0.15) is 5.82 Å². The van der Waals surface area contributed by atoms with E-state index >= 15 is 0 Å². The molecule has 0 radical (unpaired) electrons. The van der Waals surface area contributed by atoms with Gasteiger partial charge >= 0.3 is 6.18 Å². The highest BCUT2D eigenvalue weighted by molar-refractivity contribution is 8.13. The number of aliphatic imine (C=N–C) groups is 1. The third-order valence-corrected chi connectivity index (χ3v) is 3.93. The highest BCUT2D eigenvalue weighted by Crippen LogP contribution is 2.41. The van der Waals surface area contributed by atoms with Crippen molar-refractivity contribution in [2.24, 2.45) is 4.99 Å². The van der Waals surface area contributed by atoms with E-state index in [-0.39, 0.29) is 17.4 Å². The van der Waals surface area contributed by atoms with Crippen molar-refractivity contribution in [3.8, 4) is 0 Å². The molecule has 1 aromatic rings. The van der Waals surface area contributed by atoms with E-state index in [0.717, 1.165) is 28.8 Å². The van der Waals surface area contributed by atoms with E-state index in [1.54, 1.807) is 6.26 Å². The number of hydrogen-bond donors (Lipinski definition) is 1. The zero-order chi connectivity index (χ0) is 16.5. The largest absolute Gasteiger partial charge is 0.440 e. The summed E-state index contributed by atoms with van der Waals surface area (Å²) in [6, 6.07) is 4.90. The van der Waals surface area contributed by atoms with Gasteiger partial charge in [-0.15, -0.1) is 0 Å². The quantitative estimate of drug-likeness (QED) is 0.841. The summed E-state index contributed by atoms with van der Waals surface area (Å²) >= 11 is 0.999. The molecule has 0 aromatic heterocycles. The van der Waals surface area contributed by atoms with Crippen LogP contribution in [-0.2, 0) is 0 Å². The van der Waals surface area contributed by atoms with Crippen LogP contribution in [0.2, 0.25) is 0 Å². The first kappa shape index (κ1) is 16.8. The third kappa shape index (κ3) is 2.85. The van der Waals surface area contributed by atoms with Gasteiger partial charge in [0, 0.05) is 18.2 Å². The van der Waals surface area contributed by atoms with Crippen molar-refractivity contribution in [3.05, 3.63) is 41.7 Å². The first-order chi connectivity index (χ1) is 10.2. The van der Waals surface area contributed by atoms with Crippen LogP contribution in [0.5, 0.6) is 0 Å². The molecule has 0 saturated carbocycles. The van der Waals surface area contributed by atoms with Gasteiger partial charge in [0.2, 0.25) is 0 Å². The number of amidine groups is 1. The lowest BCUT2D eigenvalue weighted by Gasteiger charge is -2.42. The summed E-state index contributed by atoms with van der Waals surface area (Å²) in [5, 5.41) is 10.3. The molecule has 2 rings (SSSR count). The smallest absolute Gasteiger partial charge is 0.360 e. The van der Waals surface area contributed by atoms with E-state index in [0.29, 0.717) is 11.6 Å². The van der Waals surface area contributed by atoms with Gasteiger partial charge in [-0.2, -0.15) is 13.2 Å². The maximum Gasteiger partial charge on any atom is 0.440 e. The molecule has 0 bridgehead atoms. The van der Waals surface area contributed by atoms with Gasteiger partial charge in [-0.1, -0.05) is 11.8 Å². The fourth-order valence-corrected chi connectivity index (χ4v) is 2.82. The molecule has 0 amide bonds. The molecule has 0 saturated heterocycles. The maximum atomic E-state index is 13.4. The second-order valence-corrected chi connectivity index (χ2v) is 5.38. The van der Waals surface area contributed by atoms with Crippen molar-refractivity contribution in [2.75, 3.05) is 12.8 Å². The molecule has 1 atom stereocenters. The average molecular weight is 334 g/mol. The summed E-state index contributed by atoms with van der Waals surface area (Å²) < 4.78 is 53.1. The van der Waals surface area contributed by atoms with Crippen LogP contribution in [0, 0.1) is 5.82 Å². The Morgan fingerprint density at radius 3 is 2.32 bits per heavy atom. The van der Waals surface area contributed by atoms with Gasteiger partial charge in [0.15, 0.2) is 5.17 Å². The highest BCUT2D eigenvalue weighted by Gasteiger charge is 2.58. The molecule has 1 heterocycles. The van der Waals surface area contributed by atoms with Crippen molar-refractivity contribution < 1.29 is 22.7 Å². The fraction of sp³-hybridized carbons (Fsp3) is 0.357. The minimum atomic E-state index is -4.90. The highest BCUT2D eigenvalue weighted by atomic mass is 32.2. The molecule has 3 nitrogen and oxygen atoms in total. The van der Waals surface area contributed by atoms with E-state index in [2.05, 4.69) is 4.99 Å². The predicted molar refractivity (Wildman–Crippen MR) is 78.7 cm³/mol. The van der Waals surface area contributed by atoms with Crippen molar-refractivity contribution in [3.63, 3.8) is 0 Å². The second-order valence-electron chi connectivity index (χ2n) is 4.60. The van der Waals surface area contributed by atoms with Crippen LogP contribution in [0.25, 0.3) is 5.70 Å². The summed E-state index contributed by atoms with van der Waals surface area (Å²) in [5.41, 5.74) is -2.90. The molecular weight excluding hydrogens is 320 g/mol. The number of halogens is 4. The van der Waals surface area contributed by atoms with Crippen LogP contribution in [0.1, 0.15) is 12.5 Å². The zero-order valence-electron chi connectivity index (χ0n) is 11.9. The lowest BCUT2D eigenvalue weighted by molar-refractivity contribution is -0.278. The van der Waals surface area contributed by atoms with E-state index in [1.165, 1.54) is 19.1 Å². The Hall–Kier alpha value is -1.54. The van der Waals surface area contributed by atoms with E-state index in [4.69, 9.17) is 0 Å². The molecule has 120 valence electrons. The Kier molecular flexibility index (Phi) is 4.53. The maximum absolute atomic E-state index is 13.4. The Balaban J connectivity index is 2.58. The molecule has 1 aliphatic rings. The summed E-state index contributed by atoms with van der Waals surface area (Å²) in [6.07, 6.45) is -2.67. The predicted octanol–water partition coefficient (Wildman–Crippen LogP) is 3.47. The van der Waals surface area contributed by atoms with E-state index in [9.17, 15) is 22.7 Å². The molecule has 1 N–H and O–H groups in total. The van der Waals surface area contributed by atoms with Crippen LogP contribution < -0.4 is 0 Å². The minimum Gasteiger partial charge on any atom is -0.360 e. The molecule has 8 heteroatoms. The van der Waals surface area contributed by atoms with Gasteiger partial charge in [-0.25, -0.2) is 9.38 Å². The third-order valence-electron chi connectivity index (χ3n) is 3.25. The van der Waals surface area contributed by atoms with Gasteiger partial charge in [-0.3, -0.25) is 0 Å². The van der Waals surface area contributed by atoms with Gasteiger partial charge in [0.25, 0.3) is 5.72 Å². The van der Waals surface area contributed by atoms with Crippen LogP contribution in [0.3, 0.4) is 0 Å². The number of nitrogens with zero attached hydrogens (tertiary/aromatic N) is 2. The van der Waals surface area contributed by atoms with Gasteiger partial charge < -0.3 is 10.0 Å². The van der Waals surface area contributed by atoms with Crippen molar-refractivity contribution in [2.45, 2.75) is 18.8 Å². The first-order valence-electron chi connectivity index (χ1n) is 6.41. The number of aliphatic hydroxyl groups is 1. The van der Waals surface area contributed by atoms with Crippen LogP contribution in [0.15, 0.2) is 35.3 Å². The van der Waals surface area contributed by atoms with Gasteiger partial charge in [0.05, 0.1) is 5.70 Å². The lowest BCUT2D eigenvalue weighted by atomic mass is 10.0. The zero-order valence-corrected chi connectivity index (χ0v) is 12.7. The molecule has 0 spiro atoms. The van der Waals surface area contributed by atoms with E-state index < -0.39 is 17.7 Å². The number of benzene rings is 1. The van der Waals surface area contributed by atoms with Crippen molar-refractivity contribution in [1.29, 1.82) is 0 Å². The molecule has 1 aliphatic heterocycles. The minimum absolute atomic E-state index is 0.0455. The van der Waals surface area contributed by atoms with Crippen LogP contribution >= 0.6 is 11.8 Å². The van der Waals surface area contributed by atoms with Crippen LogP contribution in [-0.4, -0.2) is 39.9 Å². The topological polar surface area (TPSA) is 35.8 Å². The van der Waals surface area contributed by atoms with Crippen molar-refractivity contribution in [1.82, 2.24) is 4.90 Å². The molecule has 1 unspecified atom stereocenters. The number of hydrogen-bond acceptors (Lipinski definition) is 4. The fourth-order valence-electron chi connectivity index (χ4n) is 2.15. The Morgan fingerprint density at radius 2 is 1.86 bits per heavy atom. The van der Waals surface area contributed by atoms with Gasteiger partial charge in [-0.05, 0) is 37.4 Å². The normalized spacial score (nSPS) is 22.4. The molecule has 0 fully saturated rings. The van der Waals surface area contributed by atoms with E-state index in [1.807, 2.05) is 0 Å². The molecule has 0 aliphatic carbocycles. The molecule has 1 aromatic carbocycles. The average Bonchev–Trinajstić information content (AvgIpc) is 2.46. The Morgan fingerprint density at radius 1 is 1.27 bits per heavy atom. The number of likely N-dealkylation sites (N-methyl/N-ethyl adjacent to an activating group) is 1. The molecule has 22 heavy (non-hydrogen) atoms. The number of thioether (sulfide) groups is 1. The number of alkyl halides is 3. The Labute approximate surface area is 129 Å². The number of rotatable bonds is 2. The second kappa shape index (κ2) is 5.92. The van der Waals surface area contributed by atoms with Crippen LogP contribution in [0.4, 0.5) is 17.6 Å². The molecular formula is C14H14F4N2OS. The summed E-state index contributed by atoms with van der Waals surface area (Å²) in [4.78, 5) is 4.93. The summed E-state index contributed by atoms with van der Waals surface area (Å²) in [7, 11) is 0. The SMILES string of the molecule is CCN1C(SC)=NC(c2ccc(F)cc2)=CC1(O)C(F)(F)F. The lowest BCUT2D eigenvalue weighted by Crippen LogP contribution is -2.60. The standard InChI is InChI=1S/C14H14F4N2OS/c1-3-20-12(22-2)19-11(8-13(20,21)14(16,17)18)9-4-6-10(15)7-5-9/h4-8,21H,3H2,1-2H3. The summed E-state index contributed by atoms with van der Waals surface area (Å²) in [6.45, 7) is 1.43. The monoisotopic (exact) mass is 334 g/mol. The summed E-state index contributed by atoms with van der Waals surface area (Å²) in [5.74, 6) is -0.504. The first-order valence-corrected chi connectivity index (χ1v) is 7.63. The van der Waals surface area contributed by atoms with Crippen molar-refractivity contribution >= 4 is 22.6 Å².